The first-order chi connectivity index (χ1) is 17.7. The fraction of sp³-hybridized carbons (Fsp3) is 0.931. The molecule has 0 saturated carbocycles. The summed E-state index contributed by atoms with van der Waals surface area (Å²) in [4.78, 5) is 27.0. The van der Waals surface area contributed by atoms with E-state index in [1.54, 1.807) is 4.90 Å². The lowest BCUT2D eigenvalue weighted by molar-refractivity contribution is -0.138. The average Bonchev–Trinajstić information content (AvgIpc) is 3.38. The molecule has 1 aliphatic heterocycles. The van der Waals surface area contributed by atoms with E-state index in [1.165, 1.54) is 83.5 Å². The molecular formula is C29H57N3O4. The Bertz CT molecular complexity index is 533. The molecule has 0 bridgehead atoms. The third-order valence-corrected chi connectivity index (χ3v) is 7.05. The minimum Gasteiger partial charge on any atom is -0.378 e. The summed E-state index contributed by atoms with van der Waals surface area (Å²) in [5.74, 6) is 0.0796. The van der Waals surface area contributed by atoms with Crippen molar-refractivity contribution in [3.63, 3.8) is 0 Å². The summed E-state index contributed by atoms with van der Waals surface area (Å²) in [7, 11) is 0. The van der Waals surface area contributed by atoms with E-state index >= 15 is 0 Å². The molecule has 1 saturated heterocycles. The second kappa shape index (κ2) is 24.2. The van der Waals surface area contributed by atoms with E-state index in [2.05, 4.69) is 12.2 Å². The van der Waals surface area contributed by atoms with Gasteiger partial charge in [0.05, 0.1) is 26.4 Å². The van der Waals surface area contributed by atoms with Gasteiger partial charge in [-0.25, -0.2) is 0 Å². The molecule has 212 valence electrons. The maximum Gasteiger partial charge on any atom is 0.242 e. The minimum absolute atomic E-state index is 0.0553. The van der Waals surface area contributed by atoms with Gasteiger partial charge in [0.1, 0.15) is 6.04 Å². The molecule has 1 heterocycles. The number of ether oxygens (including phenoxy) is 2. The van der Waals surface area contributed by atoms with Gasteiger partial charge in [-0.3, -0.25) is 9.59 Å². The molecule has 2 amide bonds. The van der Waals surface area contributed by atoms with E-state index in [-0.39, 0.29) is 17.9 Å². The molecule has 36 heavy (non-hydrogen) atoms. The van der Waals surface area contributed by atoms with Crippen LogP contribution in [0.1, 0.15) is 122 Å². The van der Waals surface area contributed by atoms with Gasteiger partial charge in [-0.2, -0.15) is 0 Å². The highest BCUT2D eigenvalue weighted by Crippen LogP contribution is 2.20. The van der Waals surface area contributed by atoms with Gasteiger partial charge >= 0.3 is 0 Å². The van der Waals surface area contributed by atoms with Gasteiger partial charge in [0.25, 0.3) is 0 Å². The lowest BCUT2D eigenvalue weighted by Crippen LogP contribution is -2.46. The molecule has 1 fully saturated rings. The number of nitrogens with two attached hydrogens (primary N) is 1. The number of hydrogen-bond donors (Lipinski definition) is 2. The van der Waals surface area contributed by atoms with Gasteiger partial charge in [0.2, 0.25) is 11.8 Å². The number of carbonyl (C=O) groups is 2. The number of likely N-dealkylation sites (tertiary alicyclic amines) is 1. The van der Waals surface area contributed by atoms with Crippen molar-refractivity contribution >= 4 is 11.8 Å². The molecule has 0 aromatic carbocycles. The lowest BCUT2D eigenvalue weighted by atomic mass is 10.0. The van der Waals surface area contributed by atoms with Crippen LogP contribution in [0.5, 0.6) is 0 Å². The first-order valence-electron chi connectivity index (χ1n) is 15.1. The first kappa shape index (κ1) is 32.8. The molecule has 1 atom stereocenters. The van der Waals surface area contributed by atoms with Crippen LogP contribution < -0.4 is 11.1 Å². The standard InChI is InChI=1S/C29H57N3O4/c1-2-3-4-5-6-7-8-9-10-11-12-13-14-15-16-19-28(33)32-22-17-18-27(32)29(34)31-21-24-36-26-25-35-23-20-30/h27H,2-26,30H2,1H3,(H,31,34). The van der Waals surface area contributed by atoms with E-state index in [0.29, 0.717) is 52.5 Å². The quantitative estimate of drug-likeness (QED) is 0.161. The molecule has 7 heteroatoms. The predicted molar refractivity (Wildman–Crippen MR) is 148 cm³/mol. The van der Waals surface area contributed by atoms with Crippen LogP contribution in [0.3, 0.4) is 0 Å². The van der Waals surface area contributed by atoms with Crippen molar-refractivity contribution in [1.82, 2.24) is 10.2 Å². The Morgan fingerprint density at radius 1 is 0.778 bits per heavy atom. The molecule has 1 aliphatic rings. The maximum atomic E-state index is 12.7. The van der Waals surface area contributed by atoms with E-state index in [9.17, 15) is 9.59 Å². The molecule has 0 aromatic rings. The number of amides is 2. The zero-order valence-electron chi connectivity index (χ0n) is 23.4. The Morgan fingerprint density at radius 3 is 1.86 bits per heavy atom. The fourth-order valence-corrected chi connectivity index (χ4v) is 4.90. The van der Waals surface area contributed by atoms with Crippen LogP contribution in [0.2, 0.25) is 0 Å². The second-order valence-corrected chi connectivity index (χ2v) is 10.2. The van der Waals surface area contributed by atoms with Crippen molar-refractivity contribution in [2.45, 2.75) is 129 Å². The highest BCUT2D eigenvalue weighted by molar-refractivity contribution is 5.88. The van der Waals surface area contributed by atoms with Crippen LogP contribution in [0.25, 0.3) is 0 Å². The van der Waals surface area contributed by atoms with Gasteiger partial charge in [0.15, 0.2) is 0 Å². The van der Waals surface area contributed by atoms with E-state index in [1.807, 2.05) is 0 Å². The van der Waals surface area contributed by atoms with Crippen LogP contribution in [0, 0.1) is 0 Å². The number of rotatable bonds is 25. The van der Waals surface area contributed by atoms with Crippen LogP contribution >= 0.6 is 0 Å². The molecule has 0 spiro atoms. The number of nitrogens with one attached hydrogen (secondary N) is 1. The van der Waals surface area contributed by atoms with Crippen LogP contribution in [-0.4, -0.2) is 68.8 Å². The molecule has 7 nitrogen and oxygen atoms in total. The zero-order chi connectivity index (χ0) is 26.1. The maximum absolute atomic E-state index is 12.7. The fourth-order valence-electron chi connectivity index (χ4n) is 4.90. The average molecular weight is 512 g/mol. The van der Waals surface area contributed by atoms with Crippen molar-refractivity contribution in [1.29, 1.82) is 0 Å². The Balaban J connectivity index is 1.97. The summed E-state index contributed by atoms with van der Waals surface area (Å²) in [6, 6.07) is -0.318. The Kier molecular flexibility index (Phi) is 22.1. The number of nitrogens with zero attached hydrogens (tertiary/aromatic N) is 1. The third kappa shape index (κ3) is 17.3. The van der Waals surface area contributed by atoms with E-state index < -0.39 is 0 Å². The van der Waals surface area contributed by atoms with Crippen molar-refractivity contribution in [2.24, 2.45) is 5.73 Å². The molecule has 1 unspecified atom stereocenters. The molecular weight excluding hydrogens is 454 g/mol. The van der Waals surface area contributed by atoms with Gasteiger partial charge in [-0.15, -0.1) is 0 Å². The first-order valence-corrected chi connectivity index (χ1v) is 15.1. The van der Waals surface area contributed by atoms with Crippen LogP contribution in [0.4, 0.5) is 0 Å². The van der Waals surface area contributed by atoms with E-state index in [0.717, 1.165) is 25.7 Å². The molecule has 1 rings (SSSR count). The Morgan fingerprint density at radius 2 is 1.31 bits per heavy atom. The number of carbonyl (C=O) groups excluding carboxylic acids is 2. The van der Waals surface area contributed by atoms with Gasteiger partial charge in [-0.1, -0.05) is 96.8 Å². The van der Waals surface area contributed by atoms with Crippen LogP contribution in [0.15, 0.2) is 0 Å². The third-order valence-electron chi connectivity index (χ3n) is 7.05. The lowest BCUT2D eigenvalue weighted by Gasteiger charge is -2.24. The SMILES string of the molecule is CCCCCCCCCCCCCCCCCC(=O)N1CCCC1C(=O)NCCOCCOCCN. The molecule has 0 aliphatic carbocycles. The highest BCUT2D eigenvalue weighted by atomic mass is 16.5. The second-order valence-electron chi connectivity index (χ2n) is 10.2. The summed E-state index contributed by atoms with van der Waals surface area (Å²) >= 11 is 0. The van der Waals surface area contributed by atoms with Crippen LogP contribution in [-0.2, 0) is 19.1 Å². The summed E-state index contributed by atoms with van der Waals surface area (Å²) in [6.45, 7) is 5.90. The summed E-state index contributed by atoms with van der Waals surface area (Å²) in [5.41, 5.74) is 5.36. The van der Waals surface area contributed by atoms with Gasteiger partial charge in [0, 0.05) is 26.1 Å². The summed E-state index contributed by atoms with van der Waals surface area (Å²) in [5, 5.41) is 2.91. The molecule has 0 radical (unpaired) electrons. The van der Waals surface area contributed by atoms with Crippen molar-refractivity contribution in [2.75, 3.05) is 46.1 Å². The highest BCUT2D eigenvalue weighted by Gasteiger charge is 2.33. The monoisotopic (exact) mass is 511 g/mol. The smallest absolute Gasteiger partial charge is 0.242 e. The van der Waals surface area contributed by atoms with Gasteiger partial charge < -0.3 is 25.4 Å². The Labute approximate surface area is 221 Å². The predicted octanol–water partition coefficient (Wildman–Crippen LogP) is 5.35. The molecule has 0 aromatic heterocycles. The Hall–Kier alpha value is -1.18. The van der Waals surface area contributed by atoms with E-state index in [4.69, 9.17) is 15.2 Å². The number of unbranched alkanes of at least 4 members (excludes halogenated alkanes) is 14. The van der Waals surface area contributed by atoms with Crippen molar-refractivity contribution < 1.29 is 19.1 Å². The van der Waals surface area contributed by atoms with Crippen molar-refractivity contribution in [3.8, 4) is 0 Å². The number of hydrogen-bond acceptors (Lipinski definition) is 5. The summed E-state index contributed by atoms with van der Waals surface area (Å²) in [6.07, 6.45) is 22.0. The topological polar surface area (TPSA) is 93.9 Å². The van der Waals surface area contributed by atoms with Crippen molar-refractivity contribution in [3.05, 3.63) is 0 Å². The van der Waals surface area contributed by atoms with Gasteiger partial charge in [-0.05, 0) is 19.3 Å². The summed E-state index contributed by atoms with van der Waals surface area (Å²) < 4.78 is 10.7. The normalized spacial score (nSPS) is 15.5. The zero-order valence-corrected chi connectivity index (χ0v) is 23.4. The minimum atomic E-state index is -0.318. The largest absolute Gasteiger partial charge is 0.378 e. The molecule has 3 N–H and O–H groups in total.